The van der Waals surface area contributed by atoms with E-state index in [-0.39, 0.29) is 5.38 Å². The molecule has 0 aromatic heterocycles. The number of hydrogen-bond acceptors (Lipinski definition) is 1. The van der Waals surface area contributed by atoms with Crippen LogP contribution in [0.4, 0.5) is 0 Å². The number of carbonyl (C=O) groups is 1. The highest BCUT2D eigenvalue weighted by molar-refractivity contribution is 6.31. The van der Waals surface area contributed by atoms with E-state index in [1.807, 2.05) is 0 Å². The maximum absolute atomic E-state index is 11.3. The monoisotopic (exact) mass is 186 g/mol. The Morgan fingerprint density at radius 1 is 1.17 bits per heavy atom. The molecule has 2 aliphatic rings. The summed E-state index contributed by atoms with van der Waals surface area (Å²) in [4.78, 5) is 11.3. The van der Waals surface area contributed by atoms with Gasteiger partial charge in [0.2, 0.25) is 0 Å². The molecule has 0 amide bonds. The second-order valence-corrected chi connectivity index (χ2v) is 4.71. The van der Waals surface area contributed by atoms with Gasteiger partial charge in [-0.1, -0.05) is 19.3 Å². The van der Waals surface area contributed by atoms with Gasteiger partial charge in [0.1, 0.15) is 0 Å². The van der Waals surface area contributed by atoms with E-state index in [9.17, 15) is 4.79 Å². The zero-order chi connectivity index (χ0) is 8.55. The molecule has 0 aromatic rings. The Kier molecular flexibility index (Phi) is 2.40. The molecule has 0 radical (unpaired) electrons. The number of fused-ring (bicyclic) bond motifs is 1. The number of Topliss-reactive ketones (excluding diaryl/α,β-unsaturated/α-hetero) is 1. The van der Waals surface area contributed by atoms with Gasteiger partial charge in [-0.05, 0) is 24.7 Å². The largest absolute Gasteiger partial charge is 0.298 e. The summed E-state index contributed by atoms with van der Waals surface area (Å²) in [5, 5.41) is -0.163. The van der Waals surface area contributed by atoms with Crippen LogP contribution in [0.2, 0.25) is 0 Å². The Balaban J connectivity index is 2.02. The van der Waals surface area contributed by atoms with Crippen molar-refractivity contribution in [3.8, 4) is 0 Å². The van der Waals surface area contributed by atoms with Gasteiger partial charge >= 0.3 is 0 Å². The molecule has 2 saturated carbocycles. The van der Waals surface area contributed by atoms with E-state index in [0.29, 0.717) is 11.7 Å². The predicted octanol–water partition coefficient (Wildman–Crippen LogP) is 2.76. The van der Waals surface area contributed by atoms with E-state index in [0.717, 1.165) is 18.8 Å². The van der Waals surface area contributed by atoms with Gasteiger partial charge in [-0.3, -0.25) is 4.79 Å². The number of alkyl halides is 1. The Bertz CT molecular complexity index is 190. The Hall–Kier alpha value is -0.0400. The minimum atomic E-state index is -0.163. The van der Waals surface area contributed by atoms with Crippen LogP contribution in [0.1, 0.15) is 38.5 Å². The predicted molar refractivity (Wildman–Crippen MR) is 49.3 cm³/mol. The molecule has 0 saturated heterocycles. The third-order valence-corrected chi connectivity index (χ3v) is 3.81. The first-order chi connectivity index (χ1) is 5.77. The first kappa shape index (κ1) is 8.55. The fraction of sp³-hybridized carbons (Fsp3) is 0.900. The zero-order valence-electron chi connectivity index (χ0n) is 7.26. The summed E-state index contributed by atoms with van der Waals surface area (Å²) < 4.78 is 0. The van der Waals surface area contributed by atoms with E-state index in [2.05, 4.69) is 0 Å². The van der Waals surface area contributed by atoms with Gasteiger partial charge in [0.15, 0.2) is 5.78 Å². The van der Waals surface area contributed by atoms with Gasteiger partial charge < -0.3 is 0 Å². The van der Waals surface area contributed by atoms with Crippen LogP contribution in [0.5, 0.6) is 0 Å². The molecule has 2 fully saturated rings. The van der Waals surface area contributed by atoms with Crippen LogP contribution < -0.4 is 0 Å². The number of hydrogen-bond donors (Lipinski definition) is 0. The SMILES string of the molecule is O=C1CC2CCCCC2CC1Cl. The van der Waals surface area contributed by atoms with E-state index in [1.165, 1.54) is 25.7 Å². The molecular weight excluding hydrogens is 172 g/mol. The highest BCUT2D eigenvalue weighted by Gasteiger charge is 2.35. The van der Waals surface area contributed by atoms with Crippen LogP contribution in [0.3, 0.4) is 0 Å². The lowest BCUT2D eigenvalue weighted by Crippen LogP contribution is -2.34. The van der Waals surface area contributed by atoms with Crippen LogP contribution in [0, 0.1) is 11.8 Å². The topological polar surface area (TPSA) is 17.1 Å². The van der Waals surface area contributed by atoms with E-state index < -0.39 is 0 Å². The van der Waals surface area contributed by atoms with Gasteiger partial charge in [-0.25, -0.2) is 0 Å². The number of rotatable bonds is 0. The minimum Gasteiger partial charge on any atom is -0.298 e. The lowest BCUT2D eigenvalue weighted by atomic mass is 9.70. The van der Waals surface area contributed by atoms with Crippen molar-refractivity contribution in [3.05, 3.63) is 0 Å². The molecule has 0 heterocycles. The maximum atomic E-state index is 11.3. The Morgan fingerprint density at radius 2 is 1.83 bits per heavy atom. The Labute approximate surface area is 78.5 Å². The number of ketones is 1. The van der Waals surface area contributed by atoms with Crippen molar-refractivity contribution >= 4 is 17.4 Å². The molecule has 0 aromatic carbocycles. The third kappa shape index (κ3) is 1.52. The lowest BCUT2D eigenvalue weighted by Gasteiger charge is -2.36. The summed E-state index contributed by atoms with van der Waals surface area (Å²) in [6.45, 7) is 0. The molecule has 2 heteroatoms. The quantitative estimate of drug-likeness (QED) is 0.532. The fourth-order valence-electron chi connectivity index (χ4n) is 2.65. The van der Waals surface area contributed by atoms with Crippen molar-refractivity contribution in [1.29, 1.82) is 0 Å². The van der Waals surface area contributed by atoms with Crippen molar-refractivity contribution in [1.82, 2.24) is 0 Å². The molecule has 12 heavy (non-hydrogen) atoms. The molecule has 1 nitrogen and oxygen atoms in total. The first-order valence-corrected chi connectivity index (χ1v) is 5.38. The fourth-order valence-corrected chi connectivity index (χ4v) is 2.96. The van der Waals surface area contributed by atoms with Crippen LogP contribution >= 0.6 is 11.6 Å². The summed E-state index contributed by atoms with van der Waals surface area (Å²) in [7, 11) is 0. The van der Waals surface area contributed by atoms with Crippen LogP contribution in [-0.4, -0.2) is 11.2 Å². The highest BCUT2D eigenvalue weighted by atomic mass is 35.5. The normalized spacial score (nSPS) is 42.4. The average molecular weight is 187 g/mol. The van der Waals surface area contributed by atoms with Crippen molar-refractivity contribution < 1.29 is 4.79 Å². The molecule has 3 unspecified atom stereocenters. The Morgan fingerprint density at radius 3 is 2.58 bits per heavy atom. The molecular formula is C10H15ClO. The summed E-state index contributed by atoms with van der Waals surface area (Å²) >= 11 is 5.94. The molecule has 2 aliphatic carbocycles. The summed E-state index contributed by atoms with van der Waals surface area (Å²) in [5.74, 6) is 1.74. The van der Waals surface area contributed by atoms with Crippen molar-refractivity contribution in [2.45, 2.75) is 43.9 Å². The van der Waals surface area contributed by atoms with Crippen LogP contribution in [0.15, 0.2) is 0 Å². The van der Waals surface area contributed by atoms with Crippen LogP contribution in [-0.2, 0) is 4.79 Å². The standard InChI is InChI=1S/C10H15ClO/c11-9-5-7-3-1-2-4-8(7)6-10(9)12/h7-9H,1-6H2. The maximum Gasteiger partial charge on any atom is 0.150 e. The zero-order valence-corrected chi connectivity index (χ0v) is 8.02. The smallest absolute Gasteiger partial charge is 0.150 e. The van der Waals surface area contributed by atoms with E-state index in [1.54, 1.807) is 0 Å². The van der Waals surface area contributed by atoms with Gasteiger partial charge in [-0.15, -0.1) is 11.6 Å². The van der Waals surface area contributed by atoms with Gasteiger partial charge in [0, 0.05) is 6.42 Å². The molecule has 3 atom stereocenters. The van der Waals surface area contributed by atoms with E-state index >= 15 is 0 Å². The molecule has 68 valence electrons. The summed E-state index contributed by atoms with van der Waals surface area (Å²) in [6, 6.07) is 0. The van der Waals surface area contributed by atoms with Crippen molar-refractivity contribution in [2.75, 3.05) is 0 Å². The lowest BCUT2D eigenvalue weighted by molar-refractivity contribution is -0.122. The molecule has 0 spiro atoms. The minimum absolute atomic E-state index is 0.163. The summed E-state index contributed by atoms with van der Waals surface area (Å²) in [5.41, 5.74) is 0. The average Bonchev–Trinajstić information content (AvgIpc) is 2.07. The molecule has 2 rings (SSSR count). The third-order valence-electron chi connectivity index (χ3n) is 3.39. The number of carbonyl (C=O) groups excluding carboxylic acids is 1. The molecule has 0 bridgehead atoms. The highest BCUT2D eigenvalue weighted by Crippen LogP contribution is 2.40. The first-order valence-electron chi connectivity index (χ1n) is 4.94. The van der Waals surface area contributed by atoms with Crippen molar-refractivity contribution in [2.24, 2.45) is 11.8 Å². The second-order valence-electron chi connectivity index (χ2n) is 4.18. The molecule has 0 N–H and O–H groups in total. The van der Waals surface area contributed by atoms with Gasteiger partial charge in [0.05, 0.1) is 5.38 Å². The van der Waals surface area contributed by atoms with Gasteiger partial charge in [0.25, 0.3) is 0 Å². The number of halogens is 1. The molecule has 0 aliphatic heterocycles. The van der Waals surface area contributed by atoms with E-state index in [4.69, 9.17) is 11.6 Å². The summed E-state index contributed by atoms with van der Waals surface area (Å²) in [6.07, 6.45) is 6.95. The van der Waals surface area contributed by atoms with Gasteiger partial charge in [-0.2, -0.15) is 0 Å². The van der Waals surface area contributed by atoms with Crippen molar-refractivity contribution in [3.63, 3.8) is 0 Å². The second kappa shape index (κ2) is 3.37. The van der Waals surface area contributed by atoms with Crippen LogP contribution in [0.25, 0.3) is 0 Å².